The summed E-state index contributed by atoms with van der Waals surface area (Å²) in [4.78, 5) is 23.0. The largest absolute Gasteiger partial charge is 0.472 e. The molecule has 0 fully saturated rings. The summed E-state index contributed by atoms with van der Waals surface area (Å²) in [7, 11) is 1.54. The number of allylic oxidation sites excluding steroid dienone is 5. The summed E-state index contributed by atoms with van der Waals surface area (Å²) in [6.45, 7) is 4.73. The Balaban J connectivity index is 4.30. The van der Waals surface area contributed by atoms with Crippen molar-refractivity contribution in [3.8, 4) is 0 Å². The molecule has 0 aromatic carbocycles. The summed E-state index contributed by atoms with van der Waals surface area (Å²) < 4.78 is 23.5. The molecular formula is C46H90N2O6P+. The standard InChI is InChI=1S/C46H89N2O6P/c1-6-8-10-12-14-16-17-18-19-20-21-22-23-24-25-26-27-28-29-30-32-33-35-37-39-45(49)44(43-54-55(51,52)53-42-41-48(3,4)5)47-46(50)40-38-36-34-31-15-13-11-9-7-2/h30-32,34,37,39,44-45,49H,6-29,33,35-36,38,40-43H2,1-5H3,(H-,47,50,51,52)/p+1/b32-30+,34-31-,39-37+. The molecule has 0 saturated carbocycles. The summed E-state index contributed by atoms with van der Waals surface area (Å²) in [6, 6.07) is -0.875. The van der Waals surface area contributed by atoms with Crippen LogP contribution in [0.25, 0.3) is 0 Å². The lowest BCUT2D eigenvalue weighted by molar-refractivity contribution is -0.870. The number of unbranched alkanes of at least 4 members (excludes halogenated alkanes) is 24. The van der Waals surface area contributed by atoms with Crippen molar-refractivity contribution in [2.75, 3.05) is 40.9 Å². The monoisotopic (exact) mass is 798 g/mol. The van der Waals surface area contributed by atoms with Crippen LogP contribution in [0.1, 0.15) is 200 Å². The Bertz CT molecular complexity index is 995. The molecule has 0 heterocycles. The number of nitrogens with one attached hydrogen (secondary N) is 1. The van der Waals surface area contributed by atoms with Crippen LogP contribution >= 0.6 is 7.82 Å². The average Bonchev–Trinajstić information content (AvgIpc) is 3.13. The van der Waals surface area contributed by atoms with Crippen molar-refractivity contribution >= 4 is 13.7 Å². The van der Waals surface area contributed by atoms with Gasteiger partial charge in [-0.3, -0.25) is 13.8 Å². The van der Waals surface area contributed by atoms with Crippen LogP contribution in [0, 0.1) is 0 Å². The first kappa shape index (κ1) is 53.7. The van der Waals surface area contributed by atoms with Gasteiger partial charge in [0.05, 0.1) is 39.9 Å². The number of phosphoric ester groups is 1. The van der Waals surface area contributed by atoms with Gasteiger partial charge < -0.3 is 19.8 Å². The van der Waals surface area contributed by atoms with Crippen molar-refractivity contribution in [1.29, 1.82) is 0 Å². The van der Waals surface area contributed by atoms with Crippen molar-refractivity contribution in [1.82, 2.24) is 5.32 Å². The second-order valence-corrected chi connectivity index (χ2v) is 18.2. The summed E-state index contributed by atoms with van der Waals surface area (Å²) >= 11 is 0. The van der Waals surface area contributed by atoms with Crippen molar-refractivity contribution < 1.29 is 32.9 Å². The van der Waals surface area contributed by atoms with Crippen LogP contribution in [0.3, 0.4) is 0 Å². The van der Waals surface area contributed by atoms with Gasteiger partial charge in [-0.25, -0.2) is 4.57 Å². The number of carbonyl (C=O) groups is 1. The molecule has 3 N–H and O–H groups in total. The molecule has 0 rings (SSSR count). The number of hydrogen-bond donors (Lipinski definition) is 3. The second kappa shape index (κ2) is 38.2. The van der Waals surface area contributed by atoms with E-state index in [-0.39, 0.29) is 19.1 Å². The van der Waals surface area contributed by atoms with Crippen molar-refractivity contribution in [3.05, 3.63) is 36.5 Å². The van der Waals surface area contributed by atoms with E-state index in [2.05, 4.69) is 43.5 Å². The van der Waals surface area contributed by atoms with Gasteiger partial charge in [-0.2, -0.15) is 0 Å². The lowest BCUT2D eigenvalue weighted by Gasteiger charge is -2.25. The molecule has 3 unspecified atom stereocenters. The molecule has 0 aromatic rings. The zero-order valence-corrected chi connectivity index (χ0v) is 37.6. The van der Waals surface area contributed by atoms with Crippen LogP contribution < -0.4 is 5.32 Å². The fourth-order valence-corrected chi connectivity index (χ4v) is 7.15. The maximum atomic E-state index is 12.8. The van der Waals surface area contributed by atoms with Gasteiger partial charge in [0.1, 0.15) is 13.2 Å². The molecule has 1 amide bonds. The summed E-state index contributed by atoms with van der Waals surface area (Å²) in [5, 5.41) is 13.7. The smallest absolute Gasteiger partial charge is 0.387 e. The van der Waals surface area contributed by atoms with Crippen LogP contribution in [0.2, 0.25) is 0 Å². The van der Waals surface area contributed by atoms with Gasteiger partial charge in [0.15, 0.2) is 0 Å². The molecule has 55 heavy (non-hydrogen) atoms. The lowest BCUT2D eigenvalue weighted by Crippen LogP contribution is -2.45. The first-order chi connectivity index (χ1) is 26.5. The molecule has 8 nitrogen and oxygen atoms in total. The highest BCUT2D eigenvalue weighted by Crippen LogP contribution is 2.43. The molecule has 0 radical (unpaired) electrons. The molecule has 9 heteroatoms. The van der Waals surface area contributed by atoms with Gasteiger partial charge in [0.2, 0.25) is 5.91 Å². The molecule has 3 atom stereocenters. The third-order valence-corrected chi connectivity index (χ3v) is 11.1. The third-order valence-electron chi connectivity index (χ3n) is 10.1. The van der Waals surface area contributed by atoms with Crippen LogP contribution in [-0.2, 0) is 18.4 Å². The number of hydrogen-bond acceptors (Lipinski definition) is 5. The minimum absolute atomic E-state index is 0.0515. The van der Waals surface area contributed by atoms with E-state index in [0.717, 1.165) is 32.1 Å². The summed E-state index contributed by atoms with van der Waals surface area (Å²) in [6.07, 6.45) is 46.8. The number of amides is 1. The quantitative estimate of drug-likeness (QED) is 0.0246. The molecule has 0 aliphatic heterocycles. The van der Waals surface area contributed by atoms with Crippen LogP contribution in [0.15, 0.2) is 36.5 Å². The molecule has 0 aliphatic rings. The maximum absolute atomic E-state index is 12.8. The Labute approximate surface area is 340 Å². The number of rotatable bonds is 41. The SMILES string of the molecule is CCCCCC/C=C\CCCC(=O)NC(COP(=O)(O)OCC[N+](C)(C)C)C(O)/C=C/CC/C=C/CCCCCCCCCCCCCCCCCCCC. The van der Waals surface area contributed by atoms with E-state index in [0.29, 0.717) is 23.9 Å². The number of nitrogens with zero attached hydrogens (tertiary/aromatic N) is 1. The fourth-order valence-electron chi connectivity index (χ4n) is 6.41. The summed E-state index contributed by atoms with van der Waals surface area (Å²) in [5.41, 5.74) is 0. The molecule has 0 bridgehead atoms. The highest BCUT2D eigenvalue weighted by molar-refractivity contribution is 7.47. The topological polar surface area (TPSA) is 105 Å². The number of carbonyl (C=O) groups excluding carboxylic acids is 1. The lowest BCUT2D eigenvalue weighted by atomic mass is 10.0. The van der Waals surface area contributed by atoms with Gasteiger partial charge in [-0.1, -0.05) is 179 Å². The van der Waals surface area contributed by atoms with E-state index < -0.39 is 20.0 Å². The molecule has 324 valence electrons. The zero-order chi connectivity index (χ0) is 40.7. The summed E-state index contributed by atoms with van der Waals surface area (Å²) in [5.74, 6) is -0.223. The normalized spacial score (nSPS) is 14.7. The molecule has 0 spiro atoms. The van der Waals surface area contributed by atoms with Gasteiger partial charge in [0.25, 0.3) is 0 Å². The Kier molecular flexibility index (Phi) is 37.4. The Morgan fingerprint density at radius 3 is 1.47 bits per heavy atom. The van der Waals surface area contributed by atoms with Gasteiger partial charge in [-0.15, -0.1) is 0 Å². The van der Waals surface area contributed by atoms with Gasteiger partial charge in [0, 0.05) is 6.42 Å². The van der Waals surface area contributed by atoms with E-state index in [4.69, 9.17) is 9.05 Å². The van der Waals surface area contributed by atoms with Crippen molar-refractivity contribution in [3.63, 3.8) is 0 Å². The zero-order valence-electron chi connectivity index (χ0n) is 36.7. The Hall–Kier alpha value is -1.28. The second-order valence-electron chi connectivity index (χ2n) is 16.8. The predicted molar refractivity (Wildman–Crippen MR) is 235 cm³/mol. The third kappa shape index (κ3) is 40.7. The van der Waals surface area contributed by atoms with Crippen molar-refractivity contribution in [2.45, 2.75) is 212 Å². The average molecular weight is 798 g/mol. The van der Waals surface area contributed by atoms with E-state index in [1.165, 1.54) is 141 Å². The number of aliphatic hydroxyl groups is 1. The Morgan fingerprint density at radius 1 is 0.600 bits per heavy atom. The predicted octanol–water partition coefficient (Wildman–Crippen LogP) is 12.7. The van der Waals surface area contributed by atoms with Crippen LogP contribution in [0.4, 0.5) is 0 Å². The first-order valence-electron chi connectivity index (χ1n) is 22.9. The van der Waals surface area contributed by atoms with E-state index in [1.54, 1.807) is 6.08 Å². The van der Waals surface area contributed by atoms with Crippen LogP contribution in [0.5, 0.6) is 0 Å². The van der Waals surface area contributed by atoms with Crippen LogP contribution in [-0.4, -0.2) is 73.4 Å². The maximum Gasteiger partial charge on any atom is 0.472 e. The van der Waals surface area contributed by atoms with E-state index >= 15 is 0 Å². The highest BCUT2D eigenvalue weighted by atomic mass is 31.2. The van der Waals surface area contributed by atoms with Gasteiger partial charge in [-0.05, 0) is 51.4 Å². The van der Waals surface area contributed by atoms with E-state index in [1.807, 2.05) is 27.2 Å². The number of phosphoric acid groups is 1. The fraction of sp³-hybridized carbons (Fsp3) is 0.848. The van der Waals surface area contributed by atoms with Crippen molar-refractivity contribution in [2.24, 2.45) is 0 Å². The number of aliphatic hydroxyl groups excluding tert-OH is 1. The minimum Gasteiger partial charge on any atom is -0.387 e. The highest BCUT2D eigenvalue weighted by Gasteiger charge is 2.27. The molecule has 0 aromatic heterocycles. The first-order valence-corrected chi connectivity index (χ1v) is 24.4. The molecule has 0 saturated heterocycles. The minimum atomic E-state index is -4.35. The molecular weight excluding hydrogens is 707 g/mol. The Morgan fingerprint density at radius 2 is 1.00 bits per heavy atom. The van der Waals surface area contributed by atoms with E-state index in [9.17, 15) is 19.4 Å². The van der Waals surface area contributed by atoms with Gasteiger partial charge >= 0.3 is 7.82 Å². The number of quaternary nitrogens is 1. The molecule has 0 aliphatic carbocycles. The number of likely N-dealkylation sites (N-methyl/N-ethyl adjacent to an activating group) is 1.